The predicted molar refractivity (Wildman–Crippen MR) is 85.4 cm³/mol. The molecule has 1 atom stereocenters. The maximum atomic E-state index is 11.0. The number of halogens is 1. The second kappa shape index (κ2) is 6.98. The zero-order valence-corrected chi connectivity index (χ0v) is 13.0. The fourth-order valence-electron chi connectivity index (χ4n) is 2.91. The molecule has 0 spiro atoms. The van der Waals surface area contributed by atoms with Gasteiger partial charge < -0.3 is 10.6 Å². The van der Waals surface area contributed by atoms with E-state index in [1.807, 2.05) is 18.2 Å². The Hall–Kier alpha value is -1.22. The smallest absolute Gasteiger partial charge is 0.221 e. The Labute approximate surface area is 126 Å². The molecule has 0 aliphatic heterocycles. The number of rotatable bonds is 4. The second-order valence-electron chi connectivity index (χ2n) is 5.71. The Balaban J connectivity index is 1.98. The van der Waals surface area contributed by atoms with Crippen molar-refractivity contribution in [3.8, 4) is 0 Å². The highest BCUT2D eigenvalue weighted by atomic mass is 35.5. The molecule has 110 valence electrons. The molecule has 1 aromatic carbocycles. The van der Waals surface area contributed by atoms with E-state index < -0.39 is 0 Å². The molecule has 0 aromatic heterocycles. The third kappa shape index (κ3) is 4.14. The summed E-state index contributed by atoms with van der Waals surface area (Å²) in [5.74, 6) is 0.640. The number of hydrogen-bond acceptors (Lipinski definition) is 2. The Bertz CT molecular complexity index is 470. The van der Waals surface area contributed by atoms with Crippen LogP contribution in [0.3, 0.4) is 0 Å². The van der Waals surface area contributed by atoms with Crippen LogP contribution in [0.2, 0.25) is 5.02 Å². The normalized spacial score (nSPS) is 17.6. The summed E-state index contributed by atoms with van der Waals surface area (Å²) in [6.45, 7) is 3.72. The van der Waals surface area contributed by atoms with Crippen molar-refractivity contribution in [1.29, 1.82) is 0 Å². The maximum Gasteiger partial charge on any atom is 0.221 e. The molecule has 0 bridgehead atoms. The largest absolute Gasteiger partial charge is 0.382 e. The van der Waals surface area contributed by atoms with Crippen molar-refractivity contribution in [3.63, 3.8) is 0 Å². The summed E-state index contributed by atoms with van der Waals surface area (Å²) < 4.78 is 0. The minimum absolute atomic E-state index is 0.108. The summed E-state index contributed by atoms with van der Waals surface area (Å²) in [6.07, 6.45) is 6.69. The fourth-order valence-corrected chi connectivity index (χ4v) is 3.14. The first kappa shape index (κ1) is 15.2. The molecule has 4 heteroatoms. The average Bonchev–Trinajstić information content (AvgIpc) is 2.42. The van der Waals surface area contributed by atoms with Crippen LogP contribution in [-0.2, 0) is 4.79 Å². The maximum absolute atomic E-state index is 11.0. The molecule has 0 radical (unpaired) electrons. The Morgan fingerprint density at radius 2 is 2.00 bits per heavy atom. The van der Waals surface area contributed by atoms with Crippen LogP contribution < -0.4 is 10.6 Å². The second-order valence-corrected chi connectivity index (χ2v) is 6.11. The molecule has 1 aliphatic rings. The summed E-state index contributed by atoms with van der Waals surface area (Å²) in [6, 6.07) is 6.15. The van der Waals surface area contributed by atoms with Gasteiger partial charge in [-0.3, -0.25) is 4.79 Å². The van der Waals surface area contributed by atoms with Gasteiger partial charge in [-0.05, 0) is 43.9 Å². The summed E-state index contributed by atoms with van der Waals surface area (Å²) in [4.78, 5) is 11.0. The van der Waals surface area contributed by atoms with Crippen LogP contribution in [0.4, 0.5) is 11.4 Å². The van der Waals surface area contributed by atoms with Crippen LogP contribution in [0, 0.1) is 5.92 Å². The Morgan fingerprint density at radius 1 is 1.30 bits per heavy atom. The quantitative estimate of drug-likeness (QED) is 0.846. The molecule has 2 rings (SSSR count). The number of carbonyl (C=O) groups excluding carboxylic acids is 1. The first-order valence-electron chi connectivity index (χ1n) is 7.40. The van der Waals surface area contributed by atoms with E-state index in [9.17, 15) is 4.79 Å². The van der Waals surface area contributed by atoms with E-state index in [2.05, 4.69) is 17.6 Å². The molecular formula is C16H23ClN2O. The van der Waals surface area contributed by atoms with E-state index in [1.165, 1.54) is 39.0 Å². The Morgan fingerprint density at radius 3 is 2.60 bits per heavy atom. The fraction of sp³-hybridized carbons (Fsp3) is 0.562. The lowest BCUT2D eigenvalue weighted by atomic mass is 9.84. The van der Waals surface area contributed by atoms with Gasteiger partial charge in [-0.1, -0.05) is 30.9 Å². The summed E-state index contributed by atoms with van der Waals surface area (Å²) in [7, 11) is 0. The standard InChI is InChI=1S/C16H23ClN2O/c1-11(13-6-4-3-5-7-13)18-14-8-9-16(15(17)10-14)19-12(2)20/h8-11,13,18H,3-7H2,1-2H3,(H,19,20). The average molecular weight is 295 g/mol. The van der Waals surface area contributed by atoms with Crippen LogP contribution in [0.25, 0.3) is 0 Å². The van der Waals surface area contributed by atoms with Gasteiger partial charge in [-0.2, -0.15) is 0 Å². The number of nitrogens with one attached hydrogen (secondary N) is 2. The van der Waals surface area contributed by atoms with Crippen molar-refractivity contribution >= 4 is 28.9 Å². The van der Waals surface area contributed by atoms with Crippen molar-refractivity contribution in [2.45, 2.75) is 52.0 Å². The molecule has 1 unspecified atom stereocenters. The van der Waals surface area contributed by atoms with Crippen molar-refractivity contribution in [2.75, 3.05) is 10.6 Å². The zero-order valence-electron chi connectivity index (χ0n) is 12.2. The molecule has 1 saturated carbocycles. The van der Waals surface area contributed by atoms with Gasteiger partial charge in [0, 0.05) is 18.7 Å². The van der Waals surface area contributed by atoms with Crippen molar-refractivity contribution in [2.24, 2.45) is 5.92 Å². The molecule has 1 fully saturated rings. The Kier molecular flexibility index (Phi) is 5.30. The number of benzene rings is 1. The number of hydrogen-bond donors (Lipinski definition) is 2. The van der Waals surface area contributed by atoms with E-state index in [1.54, 1.807) is 0 Å². The van der Waals surface area contributed by atoms with Gasteiger partial charge >= 0.3 is 0 Å². The van der Waals surface area contributed by atoms with Crippen molar-refractivity contribution < 1.29 is 4.79 Å². The van der Waals surface area contributed by atoms with E-state index in [4.69, 9.17) is 11.6 Å². The zero-order chi connectivity index (χ0) is 14.5. The SMILES string of the molecule is CC(=O)Nc1ccc(NC(C)C2CCCCC2)cc1Cl. The first-order valence-corrected chi connectivity index (χ1v) is 7.77. The topological polar surface area (TPSA) is 41.1 Å². The van der Waals surface area contributed by atoms with Gasteiger partial charge in [-0.25, -0.2) is 0 Å². The van der Waals surface area contributed by atoms with E-state index >= 15 is 0 Å². The summed E-state index contributed by atoms with van der Waals surface area (Å²) >= 11 is 6.19. The highest BCUT2D eigenvalue weighted by Crippen LogP contribution is 2.30. The molecule has 1 aliphatic carbocycles. The predicted octanol–water partition coefficient (Wildman–Crippen LogP) is 4.68. The van der Waals surface area contributed by atoms with E-state index in [-0.39, 0.29) is 5.91 Å². The molecule has 20 heavy (non-hydrogen) atoms. The van der Waals surface area contributed by atoms with Gasteiger partial charge in [-0.15, -0.1) is 0 Å². The molecule has 1 amide bonds. The van der Waals surface area contributed by atoms with Gasteiger partial charge in [0.15, 0.2) is 0 Å². The lowest BCUT2D eigenvalue weighted by Gasteiger charge is -2.29. The van der Waals surface area contributed by atoms with Crippen LogP contribution in [0.1, 0.15) is 46.0 Å². The van der Waals surface area contributed by atoms with Gasteiger partial charge in [0.2, 0.25) is 5.91 Å². The van der Waals surface area contributed by atoms with Gasteiger partial charge in [0.05, 0.1) is 10.7 Å². The molecule has 0 saturated heterocycles. The van der Waals surface area contributed by atoms with Crippen LogP contribution in [0.15, 0.2) is 18.2 Å². The first-order chi connectivity index (χ1) is 9.56. The molecule has 2 N–H and O–H groups in total. The minimum atomic E-state index is -0.108. The van der Waals surface area contributed by atoms with Crippen LogP contribution >= 0.6 is 11.6 Å². The highest BCUT2D eigenvalue weighted by molar-refractivity contribution is 6.34. The molecular weight excluding hydrogens is 272 g/mol. The molecule has 0 heterocycles. The molecule has 1 aromatic rings. The minimum Gasteiger partial charge on any atom is -0.382 e. The third-order valence-corrected chi connectivity index (χ3v) is 4.34. The summed E-state index contributed by atoms with van der Waals surface area (Å²) in [5.41, 5.74) is 1.68. The number of anilines is 2. The molecule has 3 nitrogen and oxygen atoms in total. The third-order valence-electron chi connectivity index (χ3n) is 4.03. The summed E-state index contributed by atoms with van der Waals surface area (Å²) in [5, 5.41) is 6.82. The monoisotopic (exact) mass is 294 g/mol. The van der Waals surface area contributed by atoms with E-state index in [0.717, 1.165) is 11.6 Å². The van der Waals surface area contributed by atoms with Gasteiger partial charge in [0.25, 0.3) is 0 Å². The van der Waals surface area contributed by atoms with Gasteiger partial charge in [0.1, 0.15) is 0 Å². The lowest BCUT2D eigenvalue weighted by molar-refractivity contribution is -0.114. The van der Waals surface area contributed by atoms with Crippen molar-refractivity contribution in [1.82, 2.24) is 0 Å². The highest BCUT2D eigenvalue weighted by Gasteiger charge is 2.19. The number of carbonyl (C=O) groups is 1. The number of amides is 1. The van der Waals surface area contributed by atoms with E-state index in [0.29, 0.717) is 16.8 Å². The lowest BCUT2D eigenvalue weighted by Crippen LogP contribution is -2.27. The van der Waals surface area contributed by atoms with Crippen LogP contribution in [0.5, 0.6) is 0 Å². The van der Waals surface area contributed by atoms with Crippen molar-refractivity contribution in [3.05, 3.63) is 23.2 Å². The van der Waals surface area contributed by atoms with Crippen LogP contribution in [-0.4, -0.2) is 11.9 Å².